The number of nitrogens with two attached hydrogens (primary N) is 1. The lowest BCUT2D eigenvalue weighted by atomic mass is 10.2. The molecule has 0 saturated heterocycles. The summed E-state index contributed by atoms with van der Waals surface area (Å²) in [6, 6.07) is 17.9. The maximum Gasteiger partial charge on any atom is 0.0598 e. The summed E-state index contributed by atoms with van der Waals surface area (Å²) in [5.41, 5.74) is 7.48. The Bertz CT molecular complexity index is 520. The van der Waals surface area contributed by atoms with E-state index in [-0.39, 0.29) is 0 Å². The van der Waals surface area contributed by atoms with Gasteiger partial charge in [0.25, 0.3) is 0 Å². The van der Waals surface area contributed by atoms with Gasteiger partial charge in [0, 0.05) is 16.1 Å². The molecule has 0 amide bonds. The Morgan fingerprint density at radius 3 is 2.35 bits per heavy atom. The molecule has 17 heavy (non-hydrogen) atoms. The highest BCUT2D eigenvalue weighted by Gasteiger charge is 1.91. The summed E-state index contributed by atoms with van der Waals surface area (Å²) < 4.78 is 0. The molecule has 1 nitrogen and oxygen atoms in total. The highest BCUT2D eigenvalue weighted by atomic mass is 32.2. The molecule has 84 valence electrons. The molecule has 0 aromatic heterocycles. The zero-order valence-electron chi connectivity index (χ0n) is 9.39. The maximum absolute atomic E-state index is 5.62. The highest BCUT2D eigenvalue weighted by Crippen LogP contribution is 2.18. The number of hydrogen-bond acceptors (Lipinski definition) is 2. The van der Waals surface area contributed by atoms with Crippen LogP contribution in [0, 0.1) is 11.8 Å². The molecule has 0 heterocycles. The monoisotopic (exact) mass is 239 g/mol. The molecule has 2 N–H and O–H groups in total. The van der Waals surface area contributed by atoms with Crippen LogP contribution in [-0.4, -0.2) is 5.75 Å². The Kier molecular flexibility index (Phi) is 4.12. The van der Waals surface area contributed by atoms with E-state index in [0.717, 1.165) is 17.0 Å². The summed E-state index contributed by atoms with van der Waals surface area (Å²) in [4.78, 5) is 1.20. The van der Waals surface area contributed by atoms with Gasteiger partial charge in [0.05, 0.1) is 5.75 Å². The number of anilines is 1. The molecule has 0 saturated carbocycles. The minimum absolute atomic E-state index is 0.790. The van der Waals surface area contributed by atoms with Gasteiger partial charge in [-0.05, 0) is 36.4 Å². The normalized spacial score (nSPS) is 9.41. The van der Waals surface area contributed by atoms with Gasteiger partial charge in [0.1, 0.15) is 0 Å². The van der Waals surface area contributed by atoms with Gasteiger partial charge in [0.15, 0.2) is 0 Å². The molecule has 0 fully saturated rings. The Morgan fingerprint density at radius 2 is 1.65 bits per heavy atom. The first-order valence-electron chi connectivity index (χ1n) is 5.37. The molecule has 0 unspecified atom stereocenters. The fourth-order valence-corrected chi connectivity index (χ4v) is 1.98. The van der Waals surface area contributed by atoms with E-state index < -0.39 is 0 Å². The SMILES string of the molecule is Nc1ccc(SCC#Cc2ccccc2)cc1. The third-order valence-corrected chi connectivity index (χ3v) is 3.09. The molecule has 0 aliphatic heterocycles. The van der Waals surface area contributed by atoms with Gasteiger partial charge in [-0.25, -0.2) is 0 Å². The Labute approximate surface area is 106 Å². The third kappa shape index (κ3) is 3.90. The van der Waals surface area contributed by atoms with Crippen molar-refractivity contribution in [1.82, 2.24) is 0 Å². The third-order valence-electron chi connectivity index (χ3n) is 2.20. The van der Waals surface area contributed by atoms with E-state index in [4.69, 9.17) is 5.73 Å². The molecule has 0 radical (unpaired) electrons. The summed E-state index contributed by atoms with van der Waals surface area (Å²) in [7, 11) is 0. The van der Waals surface area contributed by atoms with Gasteiger partial charge in [0.2, 0.25) is 0 Å². The van der Waals surface area contributed by atoms with Crippen LogP contribution >= 0.6 is 11.8 Å². The lowest BCUT2D eigenvalue weighted by Gasteiger charge is -1.97. The van der Waals surface area contributed by atoms with E-state index in [2.05, 4.69) is 11.8 Å². The summed E-state index contributed by atoms with van der Waals surface area (Å²) in [5, 5.41) is 0. The zero-order chi connectivity index (χ0) is 11.9. The van der Waals surface area contributed by atoms with Crippen molar-refractivity contribution in [2.24, 2.45) is 0 Å². The lowest BCUT2D eigenvalue weighted by Crippen LogP contribution is -1.82. The van der Waals surface area contributed by atoms with Crippen LogP contribution in [0.3, 0.4) is 0 Å². The first-order chi connectivity index (χ1) is 8.34. The van der Waals surface area contributed by atoms with Crippen LogP contribution in [0.25, 0.3) is 0 Å². The van der Waals surface area contributed by atoms with E-state index in [1.165, 1.54) is 4.90 Å². The van der Waals surface area contributed by atoms with Gasteiger partial charge in [-0.2, -0.15) is 0 Å². The van der Waals surface area contributed by atoms with Crippen molar-refractivity contribution in [3.63, 3.8) is 0 Å². The largest absolute Gasteiger partial charge is 0.399 e. The van der Waals surface area contributed by atoms with Crippen molar-refractivity contribution in [2.75, 3.05) is 11.5 Å². The average Bonchev–Trinajstić information content (AvgIpc) is 2.38. The standard InChI is InChI=1S/C15H13NS/c16-14-8-10-15(11-9-14)17-12-4-7-13-5-2-1-3-6-13/h1-3,5-6,8-11H,12,16H2. The van der Waals surface area contributed by atoms with E-state index >= 15 is 0 Å². The van der Waals surface area contributed by atoms with Crippen molar-refractivity contribution in [3.8, 4) is 11.8 Å². The summed E-state index contributed by atoms with van der Waals surface area (Å²) in [5.74, 6) is 7.07. The van der Waals surface area contributed by atoms with Gasteiger partial charge >= 0.3 is 0 Å². The number of rotatable bonds is 2. The highest BCUT2D eigenvalue weighted by molar-refractivity contribution is 7.99. The van der Waals surface area contributed by atoms with Crippen molar-refractivity contribution in [3.05, 3.63) is 60.2 Å². The van der Waals surface area contributed by atoms with Gasteiger partial charge < -0.3 is 5.73 Å². The summed E-state index contributed by atoms with van der Waals surface area (Å²) >= 11 is 1.72. The molecule has 0 atom stereocenters. The van der Waals surface area contributed by atoms with E-state index in [1.807, 2.05) is 54.6 Å². The minimum atomic E-state index is 0.790. The molecule has 2 rings (SSSR count). The fourth-order valence-electron chi connectivity index (χ4n) is 1.34. The fraction of sp³-hybridized carbons (Fsp3) is 0.0667. The predicted octanol–water partition coefficient (Wildman–Crippen LogP) is 3.41. The van der Waals surface area contributed by atoms with Crippen LogP contribution in [0.2, 0.25) is 0 Å². The predicted molar refractivity (Wildman–Crippen MR) is 74.9 cm³/mol. The summed E-state index contributed by atoms with van der Waals surface area (Å²) in [6.07, 6.45) is 0. The number of benzene rings is 2. The topological polar surface area (TPSA) is 26.0 Å². The van der Waals surface area contributed by atoms with Crippen LogP contribution in [0.1, 0.15) is 5.56 Å². The van der Waals surface area contributed by atoms with Crippen LogP contribution < -0.4 is 5.73 Å². The van der Waals surface area contributed by atoms with Crippen LogP contribution in [-0.2, 0) is 0 Å². The Balaban J connectivity index is 1.88. The number of nitrogen functional groups attached to an aromatic ring is 1. The molecular weight excluding hydrogens is 226 g/mol. The van der Waals surface area contributed by atoms with Crippen molar-refractivity contribution >= 4 is 17.4 Å². The minimum Gasteiger partial charge on any atom is -0.399 e. The van der Waals surface area contributed by atoms with Gasteiger partial charge in [-0.3, -0.25) is 0 Å². The summed E-state index contributed by atoms with van der Waals surface area (Å²) in [6.45, 7) is 0. The first kappa shape index (κ1) is 11.6. The molecular formula is C15H13NS. The second kappa shape index (κ2) is 6.03. The van der Waals surface area contributed by atoms with Gasteiger partial charge in [-0.15, -0.1) is 11.8 Å². The maximum atomic E-state index is 5.62. The van der Waals surface area contributed by atoms with Crippen molar-refractivity contribution < 1.29 is 0 Å². The molecule has 2 heteroatoms. The second-order valence-electron chi connectivity index (χ2n) is 3.53. The number of hydrogen-bond donors (Lipinski definition) is 1. The lowest BCUT2D eigenvalue weighted by molar-refractivity contribution is 1.46. The van der Waals surface area contributed by atoms with E-state index in [0.29, 0.717) is 0 Å². The van der Waals surface area contributed by atoms with Crippen molar-refractivity contribution in [2.45, 2.75) is 4.90 Å². The molecule has 2 aromatic carbocycles. The smallest absolute Gasteiger partial charge is 0.0598 e. The first-order valence-corrected chi connectivity index (χ1v) is 6.35. The van der Waals surface area contributed by atoms with Crippen LogP contribution in [0.5, 0.6) is 0 Å². The average molecular weight is 239 g/mol. The van der Waals surface area contributed by atoms with Gasteiger partial charge in [-0.1, -0.05) is 30.0 Å². The molecule has 2 aromatic rings. The molecule has 0 bridgehead atoms. The van der Waals surface area contributed by atoms with Crippen LogP contribution in [0.15, 0.2) is 59.5 Å². The quantitative estimate of drug-likeness (QED) is 0.494. The molecule has 0 aliphatic rings. The Morgan fingerprint density at radius 1 is 0.941 bits per heavy atom. The second-order valence-corrected chi connectivity index (χ2v) is 4.57. The van der Waals surface area contributed by atoms with Crippen molar-refractivity contribution in [1.29, 1.82) is 0 Å². The van der Waals surface area contributed by atoms with E-state index in [9.17, 15) is 0 Å². The zero-order valence-corrected chi connectivity index (χ0v) is 10.2. The molecule has 0 aliphatic carbocycles. The van der Waals surface area contributed by atoms with E-state index in [1.54, 1.807) is 11.8 Å². The number of thioether (sulfide) groups is 1. The Hall–Kier alpha value is -1.85. The molecule has 0 spiro atoms. The van der Waals surface area contributed by atoms with Crippen LogP contribution in [0.4, 0.5) is 5.69 Å².